The molecule has 0 unspecified atom stereocenters. The number of carbonyl (C=O) groups excluding carboxylic acids is 1. The molecule has 0 radical (unpaired) electrons. The first-order valence-electron chi connectivity index (χ1n) is 15.5. The van der Waals surface area contributed by atoms with Gasteiger partial charge in [-0.15, -0.1) is 0 Å². The summed E-state index contributed by atoms with van der Waals surface area (Å²) in [6, 6.07) is 17.7. The first-order chi connectivity index (χ1) is 20.1. The van der Waals surface area contributed by atoms with Gasteiger partial charge in [-0.25, -0.2) is 9.78 Å². The quantitative estimate of drug-likeness (QED) is 0.367. The van der Waals surface area contributed by atoms with E-state index < -0.39 is 18.6 Å². The highest BCUT2D eigenvalue weighted by molar-refractivity contribution is 5.80. The summed E-state index contributed by atoms with van der Waals surface area (Å²) >= 11 is 0. The van der Waals surface area contributed by atoms with Crippen molar-refractivity contribution in [2.75, 3.05) is 11.9 Å². The third-order valence-electron chi connectivity index (χ3n) is 9.42. The fourth-order valence-corrected chi connectivity index (χ4v) is 7.51. The van der Waals surface area contributed by atoms with Gasteiger partial charge in [0.15, 0.2) is 5.82 Å². The molecule has 3 aliphatic rings. The zero-order valence-electron chi connectivity index (χ0n) is 23.8. The van der Waals surface area contributed by atoms with Gasteiger partial charge in [-0.2, -0.15) is 0 Å². The number of aliphatic hydroxyl groups excluding tert-OH is 1. The first-order valence-corrected chi connectivity index (χ1v) is 15.5. The van der Waals surface area contributed by atoms with E-state index in [0.717, 1.165) is 23.9 Å². The molecule has 2 aromatic carbocycles. The van der Waals surface area contributed by atoms with Gasteiger partial charge in [-0.05, 0) is 56.2 Å². The van der Waals surface area contributed by atoms with Crippen LogP contribution >= 0.6 is 0 Å². The number of nitrogens with one attached hydrogen (secondary N) is 1. The highest BCUT2D eigenvalue weighted by Gasteiger charge is 2.44. The van der Waals surface area contributed by atoms with Crippen LogP contribution in [0, 0.1) is 0 Å². The second-order valence-corrected chi connectivity index (χ2v) is 12.1. The van der Waals surface area contributed by atoms with Gasteiger partial charge < -0.3 is 19.7 Å². The number of para-hydroxylation sites is 2. The van der Waals surface area contributed by atoms with Crippen LogP contribution in [0.1, 0.15) is 82.2 Å². The van der Waals surface area contributed by atoms with Crippen LogP contribution in [0.2, 0.25) is 0 Å². The number of aliphatic hydroxyl groups is 1. The van der Waals surface area contributed by atoms with Crippen molar-refractivity contribution in [1.29, 1.82) is 0 Å². The number of piperidine rings is 1. The molecule has 2 bridgehead atoms. The SMILES string of the molecule is O=C(OCc1ccccc1)[C@H](CO)Nc1nc2ccccc2n([C@H]2C[C@H]3CC[C@@H](C2)N3C2CCCCCCC2)c1=O. The summed E-state index contributed by atoms with van der Waals surface area (Å²) in [6.07, 6.45) is 13.6. The lowest BCUT2D eigenvalue weighted by Gasteiger charge is -2.45. The maximum absolute atomic E-state index is 14.0. The van der Waals surface area contributed by atoms with Crippen molar-refractivity contribution < 1.29 is 14.6 Å². The van der Waals surface area contributed by atoms with Crippen molar-refractivity contribution >= 4 is 22.8 Å². The van der Waals surface area contributed by atoms with Crippen molar-refractivity contribution in [1.82, 2.24) is 14.5 Å². The lowest BCUT2D eigenvalue weighted by Crippen LogP contribution is -2.50. The predicted octanol–water partition coefficient (Wildman–Crippen LogP) is 5.19. The Morgan fingerprint density at radius 3 is 2.24 bits per heavy atom. The number of esters is 1. The number of nitrogens with zero attached hydrogens (tertiary/aromatic N) is 3. The second kappa shape index (κ2) is 12.7. The van der Waals surface area contributed by atoms with Gasteiger partial charge in [-0.3, -0.25) is 9.69 Å². The molecule has 3 aromatic rings. The number of benzene rings is 2. The molecule has 0 amide bonds. The normalized spacial score (nSPS) is 24.5. The van der Waals surface area contributed by atoms with E-state index in [1.54, 1.807) is 0 Å². The van der Waals surface area contributed by atoms with Crippen LogP contribution in [-0.2, 0) is 16.1 Å². The van der Waals surface area contributed by atoms with E-state index in [1.807, 2.05) is 59.2 Å². The summed E-state index contributed by atoms with van der Waals surface area (Å²) in [6.45, 7) is -0.416. The van der Waals surface area contributed by atoms with Crippen LogP contribution in [0.15, 0.2) is 59.4 Å². The molecule has 1 aromatic heterocycles. The lowest BCUT2D eigenvalue weighted by molar-refractivity contribution is -0.146. The summed E-state index contributed by atoms with van der Waals surface area (Å²) in [5.41, 5.74) is 2.11. The maximum atomic E-state index is 14.0. The van der Waals surface area contributed by atoms with Crippen molar-refractivity contribution in [3.63, 3.8) is 0 Å². The molecule has 4 atom stereocenters. The van der Waals surface area contributed by atoms with E-state index in [9.17, 15) is 14.7 Å². The molecule has 1 saturated carbocycles. The van der Waals surface area contributed by atoms with Gasteiger partial charge in [-0.1, -0.05) is 74.6 Å². The van der Waals surface area contributed by atoms with Gasteiger partial charge in [0, 0.05) is 24.2 Å². The minimum absolute atomic E-state index is 0.0656. The van der Waals surface area contributed by atoms with E-state index in [4.69, 9.17) is 4.74 Å². The van der Waals surface area contributed by atoms with Gasteiger partial charge in [0.25, 0.3) is 5.56 Å². The van der Waals surface area contributed by atoms with E-state index in [-0.39, 0.29) is 24.0 Å². The fourth-order valence-electron chi connectivity index (χ4n) is 7.51. The number of aromatic nitrogens is 2. The van der Waals surface area contributed by atoms with E-state index in [1.165, 1.54) is 57.8 Å². The molecule has 8 heteroatoms. The largest absolute Gasteiger partial charge is 0.459 e. The molecule has 6 rings (SSSR count). The number of hydrogen-bond donors (Lipinski definition) is 2. The van der Waals surface area contributed by atoms with Gasteiger partial charge in [0.05, 0.1) is 17.6 Å². The summed E-state index contributed by atoms with van der Waals surface area (Å²) in [7, 11) is 0. The molecule has 3 heterocycles. The number of carbonyl (C=O) groups is 1. The Morgan fingerprint density at radius 2 is 1.54 bits per heavy atom. The minimum atomic E-state index is -1.09. The second-order valence-electron chi connectivity index (χ2n) is 12.1. The zero-order valence-corrected chi connectivity index (χ0v) is 23.8. The molecular formula is C33H42N4O4. The number of anilines is 1. The minimum Gasteiger partial charge on any atom is -0.459 e. The number of hydrogen-bond acceptors (Lipinski definition) is 7. The van der Waals surface area contributed by atoms with Crippen LogP contribution in [0.5, 0.6) is 0 Å². The smallest absolute Gasteiger partial charge is 0.331 e. The van der Waals surface area contributed by atoms with Crippen LogP contribution < -0.4 is 10.9 Å². The lowest BCUT2D eigenvalue weighted by atomic mass is 9.89. The fraction of sp³-hybridized carbons (Fsp3) is 0.545. The Kier molecular flexibility index (Phi) is 8.67. The Balaban J connectivity index is 1.24. The summed E-state index contributed by atoms with van der Waals surface area (Å²) in [5.74, 6) is -0.544. The first kappa shape index (κ1) is 27.9. The molecular weight excluding hydrogens is 516 g/mol. The summed E-state index contributed by atoms with van der Waals surface area (Å²) in [4.78, 5) is 34.3. The standard InChI is InChI=1S/C33H42N4O4/c38-21-29(33(40)41-22-23-11-5-4-6-12-23)35-31-32(39)37(30-16-10-9-15-28(30)34-31)27-19-25-17-18-26(20-27)36(25)24-13-7-2-1-3-8-14-24/h4-6,9-12,15-16,24-27,29,38H,1-3,7-8,13-14,17-22H2,(H,34,35)/t25-,26+,27+,29-/m0/s1. The van der Waals surface area contributed by atoms with Gasteiger partial charge >= 0.3 is 5.97 Å². The highest BCUT2D eigenvalue weighted by atomic mass is 16.5. The van der Waals surface area contributed by atoms with Crippen molar-refractivity contribution in [3.8, 4) is 0 Å². The molecule has 8 nitrogen and oxygen atoms in total. The van der Waals surface area contributed by atoms with Crippen LogP contribution in [-0.4, -0.2) is 56.3 Å². The Hall–Kier alpha value is -3.23. The van der Waals surface area contributed by atoms with Crippen LogP contribution in [0.4, 0.5) is 5.82 Å². The van der Waals surface area contributed by atoms with Crippen molar-refractivity contribution in [2.24, 2.45) is 0 Å². The molecule has 41 heavy (non-hydrogen) atoms. The third-order valence-corrected chi connectivity index (χ3v) is 9.42. The highest BCUT2D eigenvalue weighted by Crippen LogP contribution is 2.44. The van der Waals surface area contributed by atoms with E-state index >= 15 is 0 Å². The molecule has 2 aliphatic heterocycles. The van der Waals surface area contributed by atoms with Gasteiger partial charge in [0.2, 0.25) is 0 Å². The molecule has 0 spiro atoms. The number of ether oxygens (including phenoxy) is 1. The summed E-state index contributed by atoms with van der Waals surface area (Å²) in [5, 5.41) is 13.0. The van der Waals surface area contributed by atoms with E-state index in [0.29, 0.717) is 23.6 Å². The molecule has 218 valence electrons. The van der Waals surface area contributed by atoms with Gasteiger partial charge in [0.1, 0.15) is 12.6 Å². The Labute approximate surface area is 241 Å². The average Bonchev–Trinajstić information content (AvgIpc) is 3.23. The van der Waals surface area contributed by atoms with Crippen molar-refractivity contribution in [2.45, 2.75) is 107 Å². The molecule has 2 N–H and O–H groups in total. The molecule has 2 saturated heterocycles. The third kappa shape index (κ3) is 6.04. The number of fused-ring (bicyclic) bond motifs is 3. The van der Waals surface area contributed by atoms with Crippen molar-refractivity contribution in [3.05, 3.63) is 70.5 Å². The monoisotopic (exact) mass is 558 g/mol. The van der Waals surface area contributed by atoms with Crippen LogP contribution in [0.3, 0.4) is 0 Å². The Morgan fingerprint density at radius 1 is 0.878 bits per heavy atom. The predicted molar refractivity (Wildman–Crippen MR) is 160 cm³/mol. The number of rotatable bonds is 8. The summed E-state index contributed by atoms with van der Waals surface area (Å²) < 4.78 is 7.36. The molecule has 3 fully saturated rings. The van der Waals surface area contributed by atoms with E-state index in [2.05, 4.69) is 15.2 Å². The topological polar surface area (TPSA) is 96.7 Å². The zero-order chi connectivity index (χ0) is 28.2. The Bertz CT molecular complexity index is 1370. The molecule has 1 aliphatic carbocycles. The average molecular weight is 559 g/mol. The van der Waals surface area contributed by atoms with Crippen LogP contribution in [0.25, 0.3) is 11.0 Å². The maximum Gasteiger partial charge on any atom is 0.331 e.